The van der Waals surface area contributed by atoms with Crippen molar-refractivity contribution in [3.63, 3.8) is 0 Å². The summed E-state index contributed by atoms with van der Waals surface area (Å²) < 4.78 is -0.162. The fourth-order valence-electron chi connectivity index (χ4n) is 5.34. The van der Waals surface area contributed by atoms with E-state index in [4.69, 9.17) is 0 Å². The topological polar surface area (TPSA) is 51.2 Å². The molecule has 1 saturated heterocycles. The Balaban J connectivity index is 2.29. The van der Waals surface area contributed by atoms with E-state index in [2.05, 4.69) is 12.6 Å². The standard InChI is InChI=1S/C27H33NO3S/c1-5-18-28(24(30)23(29)26(3,4)6-2)19-17-27(22(28)25(31)32,20-13-9-7-10-14-20)21-15-11-8-12-16-21/h7-16,22H,5-6,17-19H2,1-4H3/p+1. The highest BCUT2D eigenvalue weighted by molar-refractivity contribution is 7.96. The Morgan fingerprint density at radius 3 is 1.88 bits per heavy atom. The largest absolute Gasteiger partial charge is 0.382 e. The molecule has 32 heavy (non-hydrogen) atoms. The molecule has 1 heterocycles. The number of hydrogen-bond donors (Lipinski definition) is 1. The summed E-state index contributed by atoms with van der Waals surface area (Å²) in [4.78, 5) is 40.7. The Kier molecular flexibility index (Phi) is 7.11. The molecule has 170 valence electrons. The highest BCUT2D eigenvalue weighted by Gasteiger charge is 2.66. The monoisotopic (exact) mass is 452 g/mol. The minimum atomic E-state index is -0.778. The molecule has 1 fully saturated rings. The summed E-state index contributed by atoms with van der Waals surface area (Å²) >= 11 is 4.35. The fourth-order valence-corrected chi connectivity index (χ4v) is 5.78. The van der Waals surface area contributed by atoms with Crippen LogP contribution >= 0.6 is 12.6 Å². The van der Waals surface area contributed by atoms with Gasteiger partial charge in [-0.2, -0.15) is 0 Å². The predicted molar refractivity (Wildman–Crippen MR) is 130 cm³/mol. The van der Waals surface area contributed by atoms with E-state index < -0.39 is 28.6 Å². The smallest absolute Gasteiger partial charge is 0.283 e. The molecule has 0 aliphatic carbocycles. The lowest BCUT2D eigenvalue weighted by molar-refractivity contribution is -0.855. The van der Waals surface area contributed by atoms with Gasteiger partial charge in [0.25, 0.3) is 5.78 Å². The van der Waals surface area contributed by atoms with Gasteiger partial charge in [0.2, 0.25) is 5.12 Å². The van der Waals surface area contributed by atoms with Crippen LogP contribution in [0.2, 0.25) is 0 Å². The zero-order chi connectivity index (χ0) is 23.6. The molecular weight excluding hydrogens is 418 g/mol. The number of thiol groups is 1. The fraction of sp³-hybridized carbons (Fsp3) is 0.444. The van der Waals surface area contributed by atoms with Gasteiger partial charge in [-0.05, 0) is 24.0 Å². The average molecular weight is 453 g/mol. The second kappa shape index (κ2) is 9.32. The van der Waals surface area contributed by atoms with Crippen molar-refractivity contribution >= 4 is 29.4 Å². The van der Waals surface area contributed by atoms with Gasteiger partial charge in [0.15, 0.2) is 6.04 Å². The first-order valence-corrected chi connectivity index (χ1v) is 11.9. The van der Waals surface area contributed by atoms with Crippen LogP contribution < -0.4 is 0 Å². The molecule has 2 aromatic rings. The minimum Gasteiger partial charge on any atom is -0.283 e. The van der Waals surface area contributed by atoms with Crippen molar-refractivity contribution in [3.05, 3.63) is 71.8 Å². The van der Waals surface area contributed by atoms with Crippen LogP contribution in [0, 0.1) is 5.41 Å². The van der Waals surface area contributed by atoms with Gasteiger partial charge in [-0.15, -0.1) is 0 Å². The lowest BCUT2D eigenvalue weighted by Gasteiger charge is -2.42. The third-order valence-electron chi connectivity index (χ3n) is 7.40. The number of Topliss-reactive ketones (excluding diaryl/α,β-unsaturated/α-hetero) is 1. The Morgan fingerprint density at radius 2 is 1.47 bits per heavy atom. The lowest BCUT2D eigenvalue weighted by atomic mass is 9.69. The predicted octanol–water partition coefficient (Wildman–Crippen LogP) is 4.96. The van der Waals surface area contributed by atoms with Gasteiger partial charge >= 0.3 is 5.91 Å². The van der Waals surface area contributed by atoms with Gasteiger partial charge in [0.05, 0.1) is 18.5 Å². The molecule has 2 atom stereocenters. The first-order valence-electron chi connectivity index (χ1n) is 11.5. The van der Waals surface area contributed by atoms with Crippen LogP contribution in [0.15, 0.2) is 60.7 Å². The first-order chi connectivity index (χ1) is 15.2. The van der Waals surface area contributed by atoms with Crippen molar-refractivity contribution < 1.29 is 18.9 Å². The number of likely N-dealkylation sites (tertiary alicyclic amines) is 1. The molecular formula is C27H34NO3S+. The van der Waals surface area contributed by atoms with Crippen LogP contribution in [0.25, 0.3) is 0 Å². The van der Waals surface area contributed by atoms with E-state index in [1.165, 1.54) is 0 Å². The molecule has 3 rings (SSSR count). The summed E-state index contributed by atoms with van der Waals surface area (Å²) in [5, 5.41) is -0.348. The highest BCUT2D eigenvalue weighted by atomic mass is 32.1. The molecule has 4 nitrogen and oxygen atoms in total. The molecule has 2 aromatic carbocycles. The number of hydrogen-bond acceptors (Lipinski definition) is 3. The Bertz CT molecular complexity index is 947. The average Bonchev–Trinajstić information content (AvgIpc) is 3.16. The zero-order valence-corrected chi connectivity index (χ0v) is 20.4. The number of rotatable bonds is 8. The Hall–Kier alpha value is -2.24. The van der Waals surface area contributed by atoms with E-state index in [1.807, 2.05) is 88.4 Å². The maximum absolute atomic E-state index is 14.0. The van der Waals surface area contributed by atoms with Gasteiger partial charge in [0.1, 0.15) is 0 Å². The van der Waals surface area contributed by atoms with E-state index in [-0.39, 0.29) is 9.60 Å². The van der Waals surface area contributed by atoms with E-state index >= 15 is 0 Å². The second-order valence-electron chi connectivity index (χ2n) is 9.55. The van der Waals surface area contributed by atoms with Crippen LogP contribution in [0.1, 0.15) is 58.1 Å². The third kappa shape index (κ3) is 3.86. The summed E-state index contributed by atoms with van der Waals surface area (Å²) in [5.41, 5.74) is 0.447. The SMILES string of the molecule is CCC[N+]1(C(=O)C(=O)C(C)(C)CC)CCC(c2ccccc2)(c2ccccc2)C1C(=O)S. The van der Waals surface area contributed by atoms with Crippen LogP contribution in [-0.2, 0) is 19.8 Å². The van der Waals surface area contributed by atoms with Gasteiger partial charge in [-0.3, -0.25) is 9.59 Å². The second-order valence-corrected chi connectivity index (χ2v) is 9.99. The van der Waals surface area contributed by atoms with Crippen molar-refractivity contribution in [2.45, 2.75) is 58.4 Å². The molecule has 0 radical (unpaired) electrons. The van der Waals surface area contributed by atoms with Crippen molar-refractivity contribution in [2.24, 2.45) is 5.41 Å². The minimum absolute atomic E-state index is 0.162. The van der Waals surface area contributed by atoms with Crippen molar-refractivity contribution in [3.8, 4) is 0 Å². The van der Waals surface area contributed by atoms with Crippen molar-refractivity contribution in [1.29, 1.82) is 0 Å². The van der Waals surface area contributed by atoms with Gasteiger partial charge < -0.3 is 0 Å². The summed E-state index contributed by atoms with van der Waals surface area (Å²) in [7, 11) is 0. The number of amides is 1. The van der Waals surface area contributed by atoms with Crippen LogP contribution in [-0.4, -0.2) is 40.4 Å². The number of carbonyl (C=O) groups excluding carboxylic acids is 3. The van der Waals surface area contributed by atoms with E-state index in [0.29, 0.717) is 32.4 Å². The van der Waals surface area contributed by atoms with E-state index in [1.54, 1.807) is 0 Å². The van der Waals surface area contributed by atoms with Crippen LogP contribution in [0.4, 0.5) is 0 Å². The molecule has 0 spiro atoms. The lowest BCUT2D eigenvalue weighted by Crippen LogP contribution is -2.65. The first kappa shape index (κ1) is 24.4. The van der Waals surface area contributed by atoms with Crippen LogP contribution in [0.3, 0.4) is 0 Å². The number of carbonyl (C=O) groups is 3. The Morgan fingerprint density at radius 1 is 0.969 bits per heavy atom. The van der Waals surface area contributed by atoms with Gasteiger partial charge in [-0.1, -0.05) is 101 Å². The summed E-state index contributed by atoms with van der Waals surface area (Å²) in [5.74, 6) is -0.857. The van der Waals surface area contributed by atoms with Crippen molar-refractivity contribution in [2.75, 3.05) is 13.1 Å². The molecule has 1 amide bonds. The quantitative estimate of drug-likeness (QED) is 0.350. The summed E-state index contributed by atoms with van der Waals surface area (Å²) in [6.07, 6.45) is 1.83. The molecule has 0 N–H and O–H groups in total. The summed E-state index contributed by atoms with van der Waals surface area (Å²) in [6.45, 7) is 8.39. The zero-order valence-electron chi connectivity index (χ0n) is 19.5. The molecule has 1 aliphatic heterocycles. The number of ketones is 1. The maximum Gasteiger partial charge on any atom is 0.382 e. The molecule has 0 aromatic heterocycles. The van der Waals surface area contributed by atoms with E-state index in [0.717, 1.165) is 11.1 Å². The van der Waals surface area contributed by atoms with Gasteiger partial charge in [0, 0.05) is 11.8 Å². The molecule has 0 bridgehead atoms. The highest BCUT2D eigenvalue weighted by Crippen LogP contribution is 2.50. The number of benzene rings is 2. The maximum atomic E-state index is 14.0. The molecule has 0 saturated carbocycles. The molecule has 2 unspecified atom stereocenters. The van der Waals surface area contributed by atoms with Crippen LogP contribution in [0.5, 0.6) is 0 Å². The van der Waals surface area contributed by atoms with Gasteiger partial charge in [-0.25, -0.2) is 9.28 Å². The third-order valence-corrected chi connectivity index (χ3v) is 7.64. The number of nitrogens with zero attached hydrogens (tertiary/aromatic N) is 1. The normalized spacial score (nSPS) is 22.5. The summed E-state index contributed by atoms with van der Waals surface area (Å²) in [6, 6.07) is 19.0. The Labute approximate surface area is 197 Å². The molecule has 5 heteroatoms. The van der Waals surface area contributed by atoms with Crippen molar-refractivity contribution in [1.82, 2.24) is 0 Å². The number of quaternary nitrogens is 1. The van der Waals surface area contributed by atoms with E-state index in [9.17, 15) is 14.4 Å². The molecule has 1 aliphatic rings.